The van der Waals surface area contributed by atoms with Gasteiger partial charge in [-0.05, 0) is 54.3 Å². The van der Waals surface area contributed by atoms with Crippen molar-refractivity contribution in [1.82, 2.24) is 5.32 Å². The third kappa shape index (κ3) is 5.20. The Morgan fingerprint density at radius 3 is 2.43 bits per heavy atom. The number of aryl methyl sites for hydroxylation is 1. The van der Waals surface area contributed by atoms with Crippen LogP contribution < -0.4 is 14.8 Å². The lowest BCUT2D eigenvalue weighted by Crippen LogP contribution is -2.34. The maximum atomic E-state index is 13.3. The quantitative estimate of drug-likeness (QED) is 0.542. The van der Waals surface area contributed by atoms with Crippen molar-refractivity contribution in [2.75, 3.05) is 20.3 Å². The van der Waals surface area contributed by atoms with Gasteiger partial charge in [-0.1, -0.05) is 24.3 Å². The molecule has 0 fully saturated rings. The summed E-state index contributed by atoms with van der Waals surface area (Å²) in [4.78, 5) is 13.1. The van der Waals surface area contributed by atoms with Crippen LogP contribution in [0.4, 0.5) is 0 Å². The lowest BCUT2D eigenvalue weighted by atomic mass is 10.2. The summed E-state index contributed by atoms with van der Waals surface area (Å²) in [6.45, 7) is 1.65. The molecule has 3 aromatic rings. The van der Waals surface area contributed by atoms with E-state index in [1.807, 2.05) is 30.5 Å². The molecule has 0 radical (unpaired) electrons. The van der Waals surface area contributed by atoms with E-state index in [0.29, 0.717) is 16.4 Å². The van der Waals surface area contributed by atoms with Gasteiger partial charge in [0.25, 0.3) is 5.91 Å². The van der Waals surface area contributed by atoms with Gasteiger partial charge in [0, 0.05) is 11.4 Å². The monoisotopic (exact) mass is 445 g/mol. The van der Waals surface area contributed by atoms with Crippen molar-refractivity contribution in [2.45, 2.75) is 17.1 Å². The molecule has 1 atom stereocenters. The van der Waals surface area contributed by atoms with E-state index in [4.69, 9.17) is 9.47 Å². The van der Waals surface area contributed by atoms with Gasteiger partial charge < -0.3 is 14.8 Å². The molecule has 0 saturated heterocycles. The molecule has 1 amide bonds. The number of nitrogens with one attached hydrogen (secondary N) is 1. The fraction of sp³-hybridized carbons (Fsp3) is 0.227. The molecule has 3 rings (SSSR count). The molecule has 0 spiro atoms. The Hall–Kier alpha value is -2.84. The van der Waals surface area contributed by atoms with Gasteiger partial charge in [0.2, 0.25) is 0 Å². The van der Waals surface area contributed by atoms with Gasteiger partial charge in [0.05, 0.1) is 12.0 Å². The number of benzene rings is 2. The second-order valence-electron chi connectivity index (χ2n) is 6.58. The van der Waals surface area contributed by atoms with Crippen molar-refractivity contribution < 1.29 is 22.7 Å². The van der Waals surface area contributed by atoms with Crippen molar-refractivity contribution >= 4 is 27.1 Å². The molecule has 1 aromatic heterocycles. The molecular weight excluding hydrogens is 422 g/mol. The second-order valence-corrected chi connectivity index (χ2v) is 9.69. The molecule has 0 aliphatic heterocycles. The minimum Gasteiger partial charge on any atom is -0.497 e. The predicted molar refractivity (Wildman–Crippen MR) is 117 cm³/mol. The van der Waals surface area contributed by atoms with E-state index < -0.39 is 15.1 Å². The lowest BCUT2D eigenvalue weighted by molar-refractivity contribution is -0.123. The lowest BCUT2D eigenvalue weighted by Gasteiger charge is -2.18. The van der Waals surface area contributed by atoms with Crippen LogP contribution in [0.15, 0.2) is 70.9 Å². The van der Waals surface area contributed by atoms with Gasteiger partial charge in [-0.15, -0.1) is 11.3 Å². The SMILES string of the molecule is COc1ccc(S(=O)(=O)[C@H](CNC(=O)COc2ccccc2C)c2cccs2)cc1. The Morgan fingerprint density at radius 2 is 1.80 bits per heavy atom. The van der Waals surface area contributed by atoms with Crippen molar-refractivity contribution in [3.05, 3.63) is 76.5 Å². The molecule has 0 bridgehead atoms. The molecule has 1 heterocycles. The molecule has 8 heteroatoms. The summed E-state index contributed by atoms with van der Waals surface area (Å²) in [6.07, 6.45) is 0. The third-order valence-corrected chi connectivity index (χ3v) is 7.79. The van der Waals surface area contributed by atoms with Gasteiger partial charge in [-0.3, -0.25) is 4.79 Å². The highest BCUT2D eigenvalue weighted by Crippen LogP contribution is 2.32. The number of amides is 1. The highest BCUT2D eigenvalue weighted by atomic mass is 32.2. The fourth-order valence-corrected chi connectivity index (χ4v) is 5.67. The van der Waals surface area contributed by atoms with Gasteiger partial charge in [0.1, 0.15) is 16.7 Å². The number of carbonyl (C=O) groups is 1. The number of methoxy groups -OCH3 is 1. The van der Waals surface area contributed by atoms with Crippen LogP contribution in [0.1, 0.15) is 15.7 Å². The first-order valence-corrected chi connectivity index (χ1v) is 11.7. The first-order chi connectivity index (χ1) is 14.4. The Kier molecular flexibility index (Phi) is 7.12. The van der Waals surface area contributed by atoms with Crippen LogP contribution in [0.3, 0.4) is 0 Å². The van der Waals surface area contributed by atoms with Gasteiger partial charge >= 0.3 is 0 Å². The first-order valence-electron chi connectivity index (χ1n) is 9.28. The summed E-state index contributed by atoms with van der Waals surface area (Å²) in [5, 5.41) is 3.62. The van der Waals surface area contributed by atoms with E-state index in [0.717, 1.165) is 5.56 Å². The first kappa shape index (κ1) is 21.9. The number of hydrogen-bond acceptors (Lipinski definition) is 6. The Morgan fingerprint density at radius 1 is 1.07 bits per heavy atom. The van der Waals surface area contributed by atoms with Gasteiger partial charge in [-0.2, -0.15) is 0 Å². The zero-order chi connectivity index (χ0) is 21.6. The summed E-state index contributed by atoms with van der Waals surface area (Å²) in [7, 11) is -2.20. The molecule has 30 heavy (non-hydrogen) atoms. The summed E-state index contributed by atoms with van der Waals surface area (Å²) in [5.74, 6) is 0.807. The maximum Gasteiger partial charge on any atom is 0.257 e. The zero-order valence-electron chi connectivity index (χ0n) is 16.7. The smallest absolute Gasteiger partial charge is 0.257 e. The molecule has 0 aliphatic rings. The van der Waals surface area contributed by atoms with E-state index >= 15 is 0 Å². The van der Waals surface area contributed by atoms with E-state index in [1.54, 1.807) is 30.3 Å². The van der Waals surface area contributed by atoms with Crippen molar-refractivity contribution in [1.29, 1.82) is 0 Å². The van der Waals surface area contributed by atoms with Crippen LogP contribution in [-0.2, 0) is 14.6 Å². The molecule has 0 aliphatic carbocycles. The third-order valence-electron chi connectivity index (χ3n) is 4.56. The summed E-state index contributed by atoms with van der Waals surface area (Å²) < 4.78 is 37.1. The van der Waals surface area contributed by atoms with Crippen LogP contribution in [0.2, 0.25) is 0 Å². The maximum absolute atomic E-state index is 13.3. The number of carbonyl (C=O) groups excluding carboxylic acids is 1. The molecule has 6 nitrogen and oxygen atoms in total. The van der Waals surface area contributed by atoms with Crippen LogP contribution in [0.25, 0.3) is 0 Å². The summed E-state index contributed by atoms with van der Waals surface area (Å²) >= 11 is 1.34. The minimum atomic E-state index is -3.72. The molecule has 158 valence electrons. The van der Waals surface area contributed by atoms with E-state index in [-0.39, 0.29) is 24.0 Å². The van der Waals surface area contributed by atoms with Crippen molar-refractivity contribution in [3.63, 3.8) is 0 Å². The summed E-state index contributed by atoms with van der Waals surface area (Å²) in [6, 6.07) is 17.2. The van der Waals surface area contributed by atoms with Gasteiger partial charge in [-0.25, -0.2) is 8.42 Å². The highest BCUT2D eigenvalue weighted by Gasteiger charge is 2.30. The van der Waals surface area contributed by atoms with Crippen LogP contribution in [-0.4, -0.2) is 34.6 Å². The van der Waals surface area contributed by atoms with Gasteiger partial charge in [0.15, 0.2) is 16.4 Å². The molecular formula is C22H23NO5S2. The van der Waals surface area contributed by atoms with Crippen LogP contribution in [0, 0.1) is 6.92 Å². The fourth-order valence-electron chi connectivity index (χ4n) is 2.89. The zero-order valence-corrected chi connectivity index (χ0v) is 18.3. The predicted octanol–water partition coefficient (Wildman–Crippen LogP) is 3.78. The number of ether oxygens (including phenoxy) is 2. The normalized spacial score (nSPS) is 12.2. The Labute approximate surface area is 180 Å². The Balaban J connectivity index is 1.71. The largest absolute Gasteiger partial charge is 0.497 e. The Bertz CT molecular complexity index is 1080. The average Bonchev–Trinajstić information content (AvgIpc) is 3.27. The summed E-state index contributed by atoms with van der Waals surface area (Å²) in [5.41, 5.74) is 0.920. The van der Waals surface area contributed by atoms with Crippen molar-refractivity contribution in [3.8, 4) is 11.5 Å². The number of hydrogen-bond donors (Lipinski definition) is 1. The molecule has 0 unspecified atom stereocenters. The molecule has 1 N–H and O–H groups in total. The number of thiophene rings is 1. The second kappa shape index (κ2) is 9.77. The van der Waals surface area contributed by atoms with Crippen LogP contribution >= 0.6 is 11.3 Å². The van der Waals surface area contributed by atoms with Crippen LogP contribution in [0.5, 0.6) is 11.5 Å². The van der Waals surface area contributed by atoms with E-state index in [1.165, 1.54) is 30.6 Å². The van der Waals surface area contributed by atoms with Crippen molar-refractivity contribution in [2.24, 2.45) is 0 Å². The number of para-hydroxylation sites is 1. The number of rotatable bonds is 9. The average molecular weight is 446 g/mol. The number of sulfone groups is 1. The minimum absolute atomic E-state index is 0.0508. The highest BCUT2D eigenvalue weighted by molar-refractivity contribution is 7.91. The molecule has 0 saturated carbocycles. The van der Waals surface area contributed by atoms with E-state index in [9.17, 15) is 13.2 Å². The topological polar surface area (TPSA) is 81.7 Å². The van der Waals surface area contributed by atoms with E-state index in [2.05, 4.69) is 5.32 Å². The molecule has 2 aromatic carbocycles. The standard InChI is InChI=1S/C22H23NO5S2/c1-16-6-3-4-7-19(16)28-15-22(24)23-14-21(20-8-5-13-29-20)30(25,26)18-11-9-17(27-2)10-12-18/h3-13,21H,14-15H2,1-2H3,(H,23,24)/t21-/m1/s1.